The number of unbranched alkanes of at least 4 members (excludes halogenated alkanes) is 1. The first-order valence-corrected chi connectivity index (χ1v) is 13.3. The van der Waals surface area contributed by atoms with Crippen molar-refractivity contribution in [1.82, 2.24) is 30.0 Å². The summed E-state index contributed by atoms with van der Waals surface area (Å²) in [7, 11) is 2.14. The van der Waals surface area contributed by atoms with Crippen molar-refractivity contribution in [2.75, 3.05) is 13.6 Å². The Kier molecular flexibility index (Phi) is 8.42. The van der Waals surface area contributed by atoms with Crippen molar-refractivity contribution in [3.63, 3.8) is 0 Å². The molecule has 0 aliphatic heterocycles. The van der Waals surface area contributed by atoms with Crippen LogP contribution in [0.15, 0.2) is 47.4 Å². The number of H-pyrrole nitrogens is 1. The molecule has 4 rings (SSSR count). The van der Waals surface area contributed by atoms with Gasteiger partial charge in [0, 0.05) is 36.0 Å². The number of rotatable bonds is 10. The van der Waals surface area contributed by atoms with Gasteiger partial charge >= 0.3 is 0 Å². The standard InChI is InChI=1S/C30H38N6O2/c1-7-8-12-35(6)18-22-10-9-11-23(14-22)27-15-24(26-17-32-36(19(2)3)28(26)34-27)29(37)31-16-25-20(4)13-21(5)33-30(25)38/h9-11,13-15,17,19H,7-8,12,16,18H2,1-6H3,(H,31,37)(H,33,38). The molecule has 200 valence electrons. The van der Waals surface area contributed by atoms with Crippen LogP contribution >= 0.6 is 0 Å². The lowest BCUT2D eigenvalue weighted by atomic mass is 10.0. The molecule has 0 unspecified atom stereocenters. The molecule has 2 N–H and O–H groups in total. The van der Waals surface area contributed by atoms with Crippen LogP contribution in [0.3, 0.4) is 0 Å². The number of fused-ring (bicyclic) bond motifs is 1. The highest BCUT2D eigenvalue weighted by Crippen LogP contribution is 2.27. The third-order valence-corrected chi connectivity index (χ3v) is 6.79. The third kappa shape index (κ3) is 6.02. The zero-order valence-corrected chi connectivity index (χ0v) is 23.3. The lowest BCUT2D eigenvalue weighted by Crippen LogP contribution is -2.28. The van der Waals surface area contributed by atoms with Crippen molar-refractivity contribution in [2.24, 2.45) is 0 Å². The van der Waals surface area contributed by atoms with Gasteiger partial charge in [-0.1, -0.05) is 31.5 Å². The highest BCUT2D eigenvalue weighted by molar-refractivity contribution is 6.06. The Labute approximate surface area is 224 Å². The second-order valence-electron chi connectivity index (χ2n) is 10.4. The fourth-order valence-electron chi connectivity index (χ4n) is 4.74. The Morgan fingerprint density at radius 1 is 1.18 bits per heavy atom. The van der Waals surface area contributed by atoms with Crippen LogP contribution in [-0.2, 0) is 13.1 Å². The fraction of sp³-hybridized carbons (Fsp3) is 0.400. The summed E-state index contributed by atoms with van der Waals surface area (Å²) >= 11 is 0. The summed E-state index contributed by atoms with van der Waals surface area (Å²) in [4.78, 5) is 36.1. The predicted octanol–water partition coefficient (Wildman–Crippen LogP) is 5.15. The minimum absolute atomic E-state index is 0.0819. The van der Waals surface area contributed by atoms with Gasteiger partial charge in [-0.25, -0.2) is 9.67 Å². The van der Waals surface area contributed by atoms with E-state index in [0.29, 0.717) is 27.9 Å². The molecule has 38 heavy (non-hydrogen) atoms. The van der Waals surface area contributed by atoms with Gasteiger partial charge in [0.15, 0.2) is 5.65 Å². The maximum Gasteiger partial charge on any atom is 0.253 e. The van der Waals surface area contributed by atoms with Crippen molar-refractivity contribution < 1.29 is 4.79 Å². The van der Waals surface area contributed by atoms with Crippen molar-refractivity contribution in [2.45, 2.75) is 66.6 Å². The first kappa shape index (κ1) is 27.3. The molecule has 4 aromatic rings. The third-order valence-electron chi connectivity index (χ3n) is 6.79. The van der Waals surface area contributed by atoms with E-state index < -0.39 is 0 Å². The summed E-state index contributed by atoms with van der Waals surface area (Å²) in [6, 6.07) is 12.1. The second kappa shape index (κ2) is 11.7. The highest BCUT2D eigenvalue weighted by atomic mass is 16.1. The zero-order chi connectivity index (χ0) is 27.4. The fourth-order valence-corrected chi connectivity index (χ4v) is 4.74. The monoisotopic (exact) mass is 514 g/mol. The first-order valence-electron chi connectivity index (χ1n) is 13.3. The lowest BCUT2D eigenvalue weighted by Gasteiger charge is -2.17. The van der Waals surface area contributed by atoms with Crippen LogP contribution in [0.25, 0.3) is 22.3 Å². The average Bonchev–Trinajstić information content (AvgIpc) is 3.30. The maximum atomic E-state index is 13.5. The van der Waals surface area contributed by atoms with E-state index in [-0.39, 0.29) is 24.1 Å². The minimum Gasteiger partial charge on any atom is -0.348 e. The molecule has 0 bridgehead atoms. The van der Waals surface area contributed by atoms with Crippen LogP contribution in [0.1, 0.15) is 72.4 Å². The number of carbonyl (C=O) groups excluding carboxylic acids is 1. The molecule has 8 heteroatoms. The Balaban J connectivity index is 1.70. The molecule has 0 atom stereocenters. The van der Waals surface area contributed by atoms with E-state index in [0.717, 1.165) is 29.9 Å². The Bertz CT molecular complexity index is 1500. The van der Waals surface area contributed by atoms with Gasteiger partial charge in [0.05, 0.1) is 22.8 Å². The number of carbonyl (C=O) groups is 1. The van der Waals surface area contributed by atoms with Gasteiger partial charge < -0.3 is 15.2 Å². The van der Waals surface area contributed by atoms with E-state index in [1.54, 1.807) is 6.20 Å². The quantitative estimate of drug-likeness (QED) is 0.305. The SMILES string of the molecule is CCCCN(C)Cc1cccc(-c2cc(C(=O)NCc3c(C)cc(C)[nH]c3=O)c3cnn(C(C)C)c3n2)c1. The predicted molar refractivity (Wildman–Crippen MR) is 152 cm³/mol. The molecular weight excluding hydrogens is 476 g/mol. The second-order valence-corrected chi connectivity index (χ2v) is 10.4. The first-order chi connectivity index (χ1) is 18.2. The molecule has 1 amide bonds. The lowest BCUT2D eigenvalue weighted by molar-refractivity contribution is 0.0952. The van der Waals surface area contributed by atoms with E-state index in [2.05, 4.69) is 46.4 Å². The molecule has 0 fully saturated rings. The van der Waals surface area contributed by atoms with Gasteiger partial charge in [-0.05, 0) is 77.0 Å². The van der Waals surface area contributed by atoms with E-state index in [9.17, 15) is 9.59 Å². The zero-order valence-electron chi connectivity index (χ0n) is 23.3. The van der Waals surface area contributed by atoms with Crippen LogP contribution < -0.4 is 10.9 Å². The molecule has 1 aromatic carbocycles. The van der Waals surface area contributed by atoms with E-state index in [1.165, 1.54) is 18.4 Å². The summed E-state index contributed by atoms with van der Waals surface area (Å²) in [6.45, 7) is 12.0. The van der Waals surface area contributed by atoms with Gasteiger partial charge in [-0.2, -0.15) is 5.10 Å². The minimum atomic E-state index is -0.267. The number of pyridine rings is 2. The molecule has 3 aromatic heterocycles. The number of hydrogen-bond acceptors (Lipinski definition) is 5. The van der Waals surface area contributed by atoms with Crippen LogP contribution in [0.5, 0.6) is 0 Å². The molecule has 0 aliphatic carbocycles. The number of benzene rings is 1. The Hall–Kier alpha value is -3.78. The normalized spacial score (nSPS) is 11.6. The van der Waals surface area contributed by atoms with Crippen molar-refractivity contribution >= 4 is 16.9 Å². The molecule has 3 heterocycles. The number of aryl methyl sites for hydroxylation is 2. The molecule has 0 saturated heterocycles. The molecule has 8 nitrogen and oxygen atoms in total. The molecule has 0 spiro atoms. The van der Waals surface area contributed by atoms with Crippen LogP contribution in [-0.4, -0.2) is 44.1 Å². The number of aromatic nitrogens is 4. The van der Waals surface area contributed by atoms with E-state index in [4.69, 9.17) is 4.98 Å². The molecule has 0 saturated carbocycles. The number of aromatic amines is 1. The summed E-state index contributed by atoms with van der Waals surface area (Å²) in [6.07, 6.45) is 4.03. The average molecular weight is 515 g/mol. The Morgan fingerprint density at radius 2 is 1.97 bits per heavy atom. The van der Waals surface area contributed by atoms with E-state index >= 15 is 0 Å². The van der Waals surface area contributed by atoms with Crippen molar-refractivity contribution in [1.29, 1.82) is 0 Å². The maximum absolute atomic E-state index is 13.5. The van der Waals surface area contributed by atoms with Crippen LogP contribution in [0, 0.1) is 13.8 Å². The number of nitrogens with zero attached hydrogens (tertiary/aromatic N) is 4. The summed E-state index contributed by atoms with van der Waals surface area (Å²) < 4.78 is 1.84. The molecule has 0 radical (unpaired) electrons. The van der Waals surface area contributed by atoms with Crippen molar-refractivity contribution in [3.8, 4) is 11.3 Å². The van der Waals surface area contributed by atoms with Gasteiger partial charge in [-0.15, -0.1) is 0 Å². The van der Waals surface area contributed by atoms with Gasteiger partial charge in [-0.3, -0.25) is 9.59 Å². The number of nitrogens with one attached hydrogen (secondary N) is 2. The smallest absolute Gasteiger partial charge is 0.253 e. The van der Waals surface area contributed by atoms with Crippen molar-refractivity contribution in [3.05, 3.63) is 80.9 Å². The van der Waals surface area contributed by atoms with E-state index in [1.807, 2.05) is 56.6 Å². The van der Waals surface area contributed by atoms with Crippen LogP contribution in [0.2, 0.25) is 0 Å². The summed E-state index contributed by atoms with van der Waals surface area (Å²) in [5.41, 5.74) is 6.02. The molecular formula is C30H38N6O2. The topological polar surface area (TPSA) is 95.9 Å². The number of amides is 1. The van der Waals surface area contributed by atoms with Gasteiger partial charge in [0.1, 0.15) is 0 Å². The highest BCUT2D eigenvalue weighted by Gasteiger charge is 2.19. The Morgan fingerprint density at radius 3 is 2.68 bits per heavy atom. The number of hydrogen-bond donors (Lipinski definition) is 2. The molecule has 0 aliphatic rings. The van der Waals surface area contributed by atoms with Gasteiger partial charge in [0.2, 0.25) is 0 Å². The largest absolute Gasteiger partial charge is 0.348 e. The van der Waals surface area contributed by atoms with Crippen LogP contribution in [0.4, 0.5) is 0 Å². The van der Waals surface area contributed by atoms with Gasteiger partial charge in [0.25, 0.3) is 11.5 Å². The summed E-state index contributed by atoms with van der Waals surface area (Å²) in [5.74, 6) is -0.267. The summed E-state index contributed by atoms with van der Waals surface area (Å²) in [5, 5.41) is 8.16.